The zero-order valence-corrected chi connectivity index (χ0v) is 14.4. The van der Waals surface area contributed by atoms with Crippen LogP contribution in [0.2, 0.25) is 5.02 Å². The van der Waals surface area contributed by atoms with Crippen molar-refractivity contribution in [3.8, 4) is 11.4 Å². The maximum Gasteiger partial charge on any atom is 0.159 e. The van der Waals surface area contributed by atoms with Crippen molar-refractivity contribution in [2.45, 2.75) is 18.9 Å². The van der Waals surface area contributed by atoms with Crippen molar-refractivity contribution in [3.63, 3.8) is 0 Å². The van der Waals surface area contributed by atoms with Crippen LogP contribution in [0.25, 0.3) is 11.4 Å². The smallest absolute Gasteiger partial charge is 0.159 e. The van der Waals surface area contributed by atoms with Crippen LogP contribution >= 0.6 is 11.6 Å². The molecule has 2 heterocycles. The summed E-state index contributed by atoms with van der Waals surface area (Å²) in [5, 5.41) is 0.485. The maximum atomic E-state index is 14.0. The van der Waals surface area contributed by atoms with Gasteiger partial charge in [0.05, 0.1) is 16.6 Å². The fourth-order valence-electron chi connectivity index (χ4n) is 3.11. The summed E-state index contributed by atoms with van der Waals surface area (Å²) < 4.78 is 27.9. The van der Waals surface area contributed by atoms with Crippen molar-refractivity contribution < 1.29 is 8.78 Å². The molecule has 3 nitrogen and oxygen atoms in total. The fraction of sp³-hybridized carbons (Fsp3) is 0.150. The zero-order valence-electron chi connectivity index (χ0n) is 13.7. The highest BCUT2D eigenvalue weighted by molar-refractivity contribution is 6.30. The van der Waals surface area contributed by atoms with Gasteiger partial charge in [0.2, 0.25) is 0 Å². The van der Waals surface area contributed by atoms with E-state index in [0.717, 1.165) is 17.5 Å². The van der Waals surface area contributed by atoms with Crippen molar-refractivity contribution in [3.05, 3.63) is 82.6 Å². The number of nitrogens with zero attached hydrogens (tertiary/aromatic N) is 3. The summed E-state index contributed by atoms with van der Waals surface area (Å²) in [4.78, 5) is 12.9. The summed E-state index contributed by atoms with van der Waals surface area (Å²) in [6, 6.07) is 11.5. The van der Waals surface area contributed by atoms with Crippen molar-refractivity contribution in [1.29, 1.82) is 0 Å². The topological polar surface area (TPSA) is 38.1 Å². The van der Waals surface area contributed by atoms with Crippen molar-refractivity contribution >= 4 is 17.3 Å². The van der Waals surface area contributed by atoms with Crippen LogP contribution < -0.4 is 0 Å². The quantitative estimate of drug-likeness (QED) is 0.620. The second-order valence-corrected chi connectivity index (χ2v) is 6.51. The molecule has 0 saturated heterocycles. The molecule has 3 aromatic rings. The first kappa shape index (κ1) is 16.8. The highest BCUT2D eigenvalue weighted by Gasteiger charge is 2.24. The SMILES string of the molecule is Fc1cccc(F)c1C1=NC(c2ccc(-c3ncc(Cl)cn3)cc2)CC1. The highest BCUT2D eigenvalue weighted by Crippen LogP contribution is 2.33. The molecule has 0 amide bonds. The van der Waals surface area contributed by atoms with Gasteiger partial charge in [0.25, 0.3) is 0 Å². The molecule has 0 aliphatic carbocycles. The Bertz CT molecular complexity index is 949. The number of rotatable bonds is 3. The minimum atomic E-state index is -0.570. The van der Waals surface area contributed by atoms with Crippen LogP contribution in [-0.2, 0) is 0 Å². The summed E-state index contributed by atoms with van der Waals surface area (Å²) in [7, 11) is 0. The number of halogens is 3. The first-order valence-corrected chi connectivity index (χ1v) is 8.58. The lowest BCUT2D eigenvalue weighted by molar-refractivity contribution is 0.578. The molecule has 130 valence electrons. The normalized spacial score (nSPS) is 16.6. The summed E-state index contributed by atoms with van der Waals surface area (Å²) in [5.41, 5.74) is 2.33. The van der Waals surface area contributed by atoms with Crippen LogP contribution in [-0.4, -0.2) is 15.7 Å². The van der Waals surface area contributed by atoms with Gasteiger partial charge in [-0.25, -0.2) is 18.7 Å². The van der Waals surface area contributed by atoms with E-state index in [1.807, 2.05) is 24.3 Å². The van der Waals surface area contributed by atoms with Gasteiger partial charge in [-0.2, -0.15) is 0 Å². The summed E-state index contributed by atoms with van der Waals surface area (Å²) >= 11 is 5.80. The van der Waals surface area contributed by atoms with Crippen LogP contribution in [0.5, 0.6) is 0 Å². The van der Waals surface area contributed by atoms with Gasteiger partial charge in [-0.15, -0.1) is 0 Å². The molecule has 2 aromatic carbocycles. The van der Waals surface area contributed by atoms with E-state index >= 15 is 0 Å². The summed E-state index contributed by atoms with van der Waals surface area (Å²) in [6.45, 7) is 0. The minimum Gasteiger partial charge on any atom is -0.281 e. The largest absolute Gasteiger partial charge is 0.281 e. The molecule has 0 radical (unpaired) electrons. The molecule has 0 bridgehead atoms. The standard InChI is InChI=1S/C20H14ClF2N3/c21-14-10-24-20(25-11-14)13-6-4-12(5-7-13)17-8-9-18(26-17)19-15(22)2-1-3-16(19)23/h1-7,10-11,17H,8-9H2. The molecule has 1 atom stereocenters. The molecule has 0 N–H and O–H groups in total. The highest BCUT2D eigenvalue weighted by atomic mass is 35.5. The Morgan fingerprint density at radius 2 is 1.58 bits per heavy atom. The average Bonchev–Trinajstić information content (AvgIpc) is 3.12. The van der Waals surface area contributed by atoms with Gasteiger partial charge in [-0.05, 0) is 30.5 Å². The van der Waals surface area contributed by atoms with Crippen LogP contribution in [0.1, 0.15) is 30.0 Å². The van der Waals surface area contributed by atoms with Gasteiger partial charge in [0, 0.05) is 23.7 Å². The first-order valence-electron chi connectivity index (χ1n) is 8.21. The van der Waals surface area contributed by atoms with Crippen LogP contribution in [0, 0.1) is 11.6 Å². The second-order valence-electron chi connectivity index (χ2n) is 6.07. The van der Waals surface area contributed by atoms with Gasteiger partial charge in [0.1, 0.15) is 11.6 Å². The Morgan fingerprint density at radius 3 is 2.23 bits per heavy atom. The van der Waals surface area contributed by atoms with Gasteiger partial charge < -0.3 is 0 Å². The number of hydrogen-bond acceptors (Lipinski definition) is 3. The number of benzene rings is 2. The molecule has 1 aliphatic heterocycles. The maximum absolute atomic E-state index is 14.0. The summed E-state index contributed by atoms with van der Waals surface area (Å²) in [5.74, 6) is -0.552. The zero-order chi connectivity index (χ0) is 18.1. The third-order valence-corrected chi connectivity index (χ3v) is 4.59. The Balaban J connectivity index is 1.59. The minimum absolute atomic E-state index is 0.0128. The van der Waals surface area contributed by atoms with Gasteiger partial charge in [-0.1, -0.05) is 41.9 Å². The molecule has 1 unspecified atom stereocenters. The van der Waals surface area contributed by atoms with Crippen molar-refractivity contribution in [2.24, 2.45) is 4.99 Å². The van der Waals surface area contributed by atoms with Crippen molar-refractivity contribution in [1.82, 2.24) is 9.97 Å². The number of aliphatic imine (C=N–C) groups is 1. The lowest BCUT2D eigenvalue weighted by Gasteiger charge is -2.08. The summed E-state index contributed by atoms with van der Waals surface area (Å²) in [6.07, 6.45) is 4.37. The average molecular weight is 370 g/mol. The molecule has 4 rings (SSSR count). The van der Waals surface area contributed by atoms with E-state index in [4.69, 9.17) is 11.6 Å². The van der Waals surface area contributed by atoms with Gasteiger partial charge in [-0.3, -0.25) is 4.99 Å². The molecule has 0 saturated carbocycles. The third kappa shape index (κ3) is 3.22. The molecule has 1 aromatic heterocycles. The molecule has 0 spiro atoms. The van der Waals surface area contributed by atoms with Gasteiger partial charge >= 0.3 is 0 Å². The fourth-order valence-corrected chi connectivity index (χ4v) is 3.21. The second kappa shape index (κ2) is 6.92. The predicted molar refractivity (Wildman–Crippen MR) is 97.3 cm³/mol. The van der Waals surface area contributed by atoms with Crippen LogP contribution in [0.15, 0.2) is 59.9 Å². The molecule has 26 heavy (non-hydrogen) atoms. The van der Waals surface area contributed by atoms with Crippen molar-refractivity contribution in [2.75, 3.05) is 0 Å². The molecule has 1 aliphatic rings. The lowest BCUT2D eigenvalue weighted by Crippen LogP contribution is -2.03. The first-order chi connectivity index (χ1) is 12.6. The van der Waals surface area contributed by atoms with E-state index in [0.29, 0.717) is 23.0 Å². The molecule has 0 fully saturated rings. The monoisotopic (exact) mass is 369 g/mol. The van der Waals surface area contributed by atoms with E-state index in [1.165, 1.54) is 18.2 Å². The third-order valence-electron chi connectivity index (χ3n) is 4.39. The lowest BCUT2D eigenvalue weighted by atomic mass is 10.0. The molecular formula is C20H14ClF2N3. The van der Waals surface area contributed by atoms with E-state index < -0.39 is 11.6 Å². The molecule has 6 heteroatoms. The number of hydrogen-bond donors (Lipinski definition) is 0. The van der Waals surface area contributed by atoms with E-state index in [2.05, 4.69) is 15.0 Å². The Labute approximate surface area is 154 Å². The predicted octanol–water partition coefficient (Wildman–Crippen LogP) is 5.40. The Hall–Kier alpha value is -2.66. The Kier molecular flexibility index (Phi) is 4.47. The molecular weight excluding hydrogens is 356 g/mol. The van der Waals surface area contributed by atoms with E-state index in [1.54, 1.807) is 12.4 Å². The Morgan fingerprint density at radius 1 is 0.923 bits per heavy atom. The van der Waals surface area contributed by atoms with E-state index in [-0.39, 0.29) is 11.6 Å². The van der Waals surface area contributed by atoms with Crippen LogP contribution in [0.4, 0.5) is 8.78 Å². The van der Waals surface area contributed by atoms with Gasteiger partial charge in [0.15, 0.2) is 5.82 Å². The van der Waals surface area contributed by atoms with Crippen LogP contribution in [0.3, 0.4) is 0 Å². The van der Waals surface area contributed by atoms with E-state index in [9.17, 15) is 8.78 Å². The number of aromatic nitrogens is 2.